The van der Waals surface area contributed by atoms with Crippen molar-refractivity contribution in [3.05, 3.63) is 92.9 Å². The minimum atomic E-state index is -4.60. The van der Waals surface area contributed by atoms with Crippen molar-refractivity contribution < 1.29 is 85.2 Å². The molecule has 3 aliphatic rings. The highest BCUT2D eigenvalue weighted by atomic mass is 32.2. The molecule has 20 nitrogen and oxygen atoms in total. The molecule has 362 valence electrons. The number of fused-ring (bicyclic) bond motifs is 2. The first-order chi connectivity index (χ1) is 29.9. The Bertz CT molecular complexity index is 2870. The molecule has 2 aromatic rings. The van der Waals surface area contributed by atoms with Crippen LogP contribution in [-0.4, -0.2) is 120 Å². The van der Waals surface area contributed by atoms with Gasteiger partial charge >= 0.3 is 27.2 Å². The molecule has 0 saturated carbocycles. The number of carboxylic acid groups (broad SMARTS) is 1. The standard InChI is InChI=1S/C41H48N2O12S2.CH4.2O3S/c1-7-11-32(44)25-19-26(33(45)12-8-2)36-31(21-25)43(16-10-18-57(53,54)55)35(41(36,5)6)23-28-37(46)27(38(28)47)22-34-40(3,4)29-20-24(39(48)49)13-14-30(29)42(34)15-9-17-56(50,51)52;;2*1-4(2)3/h13-14,19-23H,7-12,15-18H2,1-6H3,(H3-,46,47,48,49,50,51,52,53,54,55);1H4;;. The Morgan fingerprint density at radius 3 is 1.88 bits per heavy atom. The summed E-state index contributed by atoms with van der Waals surface area (Å²) in [5.41, 5.74) is 1.62. The Balaban J connectivity index is 0.00000154. The van der Waals surface area contributed by atoms with Crippen molar-refractivity contribution in [3.63, 3.8) is 0 Å². The quantitative estimate of drug-likeness (QED) is 0.0845. The number of carbonyl (C=O) groups is 4. The van der Waals surface area contributed by atoms with Crippen molar-refractivity contribution in [2.75, 3.05) is 29.5 Å². The summed E-state index contributed by atoms with van der Waals surface area (Å²) in [6, 6.07) is 7.73. The van der Waals surface area contributed by atoms with Crippen LogP contribution in [0.25, 0.3) is 0 Å². The molecule has 2 aromatic carbocycles. The number of benzene rings is 2. The topological polar surface area (TPSA) is 329 Å². The Kier molecular flexibility index (Phi) is 19.1. The van der Waals surface area contributed by atoms with Crippen LogP contribution >= 0.6 is 0 Å². The molecule has 0 aromatic heterocycles. The number of allylic oxidation sites excluding steroid dienone is 5. The predicted molar refractivity (Wildman–Crippen MR) is 239 cm³/mol. The number of hydrogen-bond donors (Lipinski definition) is 3. The zero-order valence-electron chi connectivity index (χ0n) is 36.1. The predicted octanol–water partition coefficient (Wildman–Crippen LogP) is 4.57. The van der Waals surface area contributed by atoms with Crippen LogP contribution in [0.5, 0.6) is 0 Å². The van der Waals surface area contributed by atoms with Gasteiger partial charge in [-0.3, -0.25) is 18.9 Å². The van der Waals surface area contributed by atoms with Crippen LogP contribution in [0.2, 0.25) is 0 Å². The van der Waals surface area contributed by atoms with Gasteiger partial charge in [0.15, 0.2) is 17.3 Å². The van der Waals surface area contributed by atoms with Gasteiger partial charge in [-0.15, -0.1) is 25.3 Å². The zero-order valence-corrected chi connectivity index (χ0v) is 39.4. The van der Waals surface area contributed by atoms with E-state index in [0.717, 1.165) is 0 Å². The van der Waals surface area contributed by atoms with Gasteiger partial charge in [-0.25, -0.2) is 13.2 Å². The SMILES string of the molecule is C.CCCC(=O)c1cc(C(=O)CCC)c2c(c1)N(CCCS(=O)(=O)[O-])C(=CC1=C(O)C(=CC3=[N+](CCCS(=O)(=O)O)c4ccc(C(=O)O)cc4C3(C)C)C1=O)C2(C)C.O=S(=O)=O.O=S(=O)=O. The summed E-state index contributed by atoms with van der Waals surface area (Å²) in [6.45, 7) is 11.0. The van der Waals surface area contributed by atoms with Crippen molar-refractivity contribution in [1.29, 1.82) is 0 Å². The van der Waals surface area contributed by atoms with E-state index in [1.54, 1.807) is 41.5 Å². The molecule has 0 unspecified atom stereocenters. The largest absolute Gasteiger partial charge is 0.748 e. The smallest absolute Gasteiger partial charge is 0.425 e. The van der Waals surface area contributed by atoms with Gasteiger partial charge in [-0.1, -0.05) is 35.1 Å². The van der Waals surface area contributed by atoms with E-state index in [1.165, 1.54) is 24.3 Å². The monoisotopic (exact) mass is 1000 g/mol. The average molecular weight is 1000 g/mol. The van der Waals surface area contributed by atoms with Gasteiger partial charge in [0.2, 0.25) is 11.5 Å². The molecule has 0 amide bonds. The van der Waals surface area contributed by atoms with Crippen LogP contribution in [-0.2, 0) is 57.1 Å². The number of ketones is 3. The van der Waals surface area contributed by atoms with Crippen LogP contribution in [0.3, 0.4) is 0 Å². The fraction of sp³-hybridized carbons (Fsp3) is 0.452. The molecule has 2 aliphatic heterocycles. The molecule has 0 spiro atoms. The number of hydrogen-bond acceptors (Lipinski definition) is 17. The van der Waals surface area contributed by atoms with E-state index < -0.39 is 75.5 Å². The van der Waals surface area contributed by atoms with Gasteiger partial charge in [-0.2, -0.15) is 13.0 Å². The lowest BCUT2D eigenvalue weighted by atomic mass is 9.76. The lowest BCUT2D eigenvalue weighted by Gasteiger charge is -2.29. The number of aliphatic hydroxyl groups is 1. The second-order valence-electron chi connectivity index (χ2n) is 16.1. The fourth-order valence-electron chi connectivity index (χ4n) is 8.00. The molecule has 3 N–H and O–H groups in total. The number of aliphatic hydroxyl groups excluding tert-OH is 1. The summed E-state index contributed by atoms with van der Waals surface area (Å²) in [4.78, 5) is 54.5. The number of rotatable bonds is 17. The number of carbonyl (C=O) groups excluding carboxylic acids is 3. The van der Waals surface area contributed by atoms with E-state index in [1.807, 2.05) is 27.7 Å². The van der Waals surface area contributed by atoms with E-state index in [2.05, 4.69) is 0 Å². The molecular weight excluding hydrogens is 949 g/mol. The van der Waals surface area contributed by atoms with Crippen LogP contribution in [0.15, 0.2) is 65.1 Å². The number of anilines is 1. The third-order valence-corrected chi connectivity index (χ3v) is 12.4. The molecule has 5 rings (SSSR count). The van der Waals surface area contributed by atoms with E-state index in [0.29, 0.717) is 57.9 Å². The molecule has 24 heteroatoms. The maximum atomic E-state index is 14.0. The number of aromatic carboxylic acids is 1. The van der Waals surface area contributed by atoms with Crippen LogP contribution in [0, 0.1) is 0 Å². The molecule has 66 heavy (non-hydrogen) atoms. The summed E-state index contributed by atoms with van der Waals surface area (Å²) in [7, 11) is -15.1. The first-order valence-electron chi connectivity index (χ1n) is 19.8. The minimum absolute atomic E-state index is 0. The second-order valence-corrected chi connectivity index (χ2v) is 20.0. The Hall–Kier alpha value is -5.53. The third kappa shape index (κ3) is 13.5. The molecule has 0 radical (unpaired) electrons. The zero-order chi connectivity index (χ0) is 49.6. The van der Waals surface area contributed by atoms with Crippen molar-refractivity contribution in [2.45, 2.75) is 98.3 Å². The number of nitrogens with zero attached hydrogens (tertiary/aromatic N) is 2. The summed E-state index contributed by atoms with van der Waals surface area (Å²) < 4.78 is 120. The summed E-state index contributed by atoms with van der Waals surface area (Å²) in [6.07, 6.45) is 4.36. The van der Waals surface area contributed by atoms with E-state index in [9.17, 15) is 55.3 Å². The van der Waals surface area contributed by atoms with Crippen molar-refractivity contribution in [1.82, 2.24) is 0 Å². The van der Waals surface area contributed by atoms with Gasteiger partial charge in [0, 0.05) is 77.2 Å². The molecule has 0 atom stereocenters. The molecule has 0 bridgehead atoms. The van der Waals surface area contributed by atoms with Crippen molar-refractivity contribution in [3.8, 4) is 0 Å². The Morgan fingerprint density at radius 2 is 1.38 bits per heavy atom. The first-order valence-corrected chi connectivity index (χ1v) is 25.0. The normalized spacial score (nSPS) is 16.8. The summed E-state index contributed by atoms with van der Waals surface area (Å²) in [5, 5.41) is 21.3. The van der Waals surface area contributed by atoms with Gasteiger partial charge in [-0.05, 0) is 69.0 Å². The lowest BCUT2D eigenvalue weighted by molar-refractivity contribution is -0.437. The second kappa shape index (κ2) is 22.3. The van der Waals surface area contributed by atoms with Gasteiger partial charge < -0.3 is 19.7 Å². The van der Waals surface area contributed by atoms with E-state index in [-0.39, 0.29) is 80.2 Å². The first kappa shape index (κ1) is 56.6. The van der Waals surface area contributed by atoms with Crippen LogP contribution in [0.1, 0.15) is 130 Å². The summed E-state index contributed by atoms with van der Waals surface area (Å²) in [5.74, 6) is -3.70. The maximum absolute atomic E-state index is 14.0. The van der Waals surface area contributed by atoms with Crippen molar-refractivity contribution in [2.24, 2.45) is 0 Å². The minimum Gasteiger partial charge on any atom is -0.748 e. The highest BCUT2D eigenvalue weighted by Gasteiger charge is 2.48. The fourth-order valence-corrected chi connectivity index (χ4v) is 8.98. The Morgan fingerprint density at radius 1 is 0.818 bits per heavy atom. The van der Waals surface area contributed by atoms with Crippen LogP contribution in [0.4, 0.5) is 11.4 Å². The number of carboxylic acids is 1. The summed E-state index contributed by atoms with van der Waals surface area (Å²) >= 11 is 0. The van der Waals surface area contributed by atoms with E-state index >= 15 is 0 Å². The maximum Gasteiger partial charge on any atom is 0.425 e. The Labute approximate surface area is 386 Å². The highest BCUT2D eigenvalue weighted by Crippen LogP contribution is 2.52. The number of Topliss-reactive ketones (excluding diaryl/α,β-unsaturated/α-hetero) is 3. The van der Waals surface area contributed by atoms with Crippen molar-refractivity contribution >= 4 is 81.9 Å². The van der Waals surface area contributed by atoms with Gasteiger partial charge in [0.25, 0.3) is 10.1 Å². The van der Waals surface area contributed by atoms with Gasteiger partial charge in [0.1, 0.15) is 12.3 Å². The third-order valence-electron chi connectivity index (χ3n) is 10.8. The van der Waals surface area contributed by atoms with E-state index in [4.69, 9.17) is 25.3 Å². The van der Waals surface area contributed by atoms with Gasteiger partial charge in [0.05, 0.1) is 38.0 Å². The molecule has 0 saturated heterocycles. The molecule has 1 aliphatic carbocycles. The van der Waals surface area contributed by atoms with Crippen LogP contribution < -0.4 is 4.90 Å². The average Bonchev–Trinajstić information content (AvgIpc) is 3.51. The molecule has 0 fully saturated rings. The molecule has 2 heterocycles. The lowest BCUT2D eigenvalue weighted by Crippen LogP contribution is -2.32. The molecular formula is C42H52N2O18S4. The highest BCUT2D eigenvalue weighted by molar-refractivity contribution is 7.85.